The summed E-state index contributed by atoms with van der Waals surface area (Å²) < 4.78 is 0. The van der Waals surface area contributed by atoms with E-state index in [1.165, 1.54) is 0 Å². The van der Waals surface area contributed by atoms with Gasteiger partial charge in [-0.3, -0.25) is 9.59 Å². The molecule has 0 rings (SSSR count). The molecule has 0 aromatic carbocycles. The van der Waals surface area contributed by atoms with Gasteiger partial charge in [0.25, 0.3) is 11.9 Å². The molecule has 0 saturated carbocycles. The first-order valence-electron chi connectivity index (χ1n) is 3.67. The normalized spacial score (nSPS) is 5.56. The Morgan fingerprint density at radius 2 is 0.667 bits per heavy atom. The molecule has 0 atom stereocenters. The molecule has 8 nitrogen and oxygen atoms in total. The van der Waals surface area contributed by atoms with Crippen molar-refractivity contribution in [2.45, 2.75) is 27.7 Å². The van der Waals surface area contributed by atoms with E-state index in [1.54, 1.807) is 0 Å². The molecule has 0 aliphatic carbocycles. The Labute approximate surface area is 149 Å². The van der Waals surface area contributed by atoms with Gasteiger partial charge in [-0.05, 0) is 13.8 Å². The van der Waals surface area contributed by atoms with Crippen molar-refractivity contribution in [3.8, 4) is 0 Å². The number of hydrogen-bond acceptors (Lipinski definition) is 6. The zero-order chi connectivity index (χ0) is 14.3. The van der Waals surface area contributed by atoms with Gasteiger partial charge in [-0.25, -0.2) is 0 Å². The molecule has 0 aliphatic rings. The predicted molar refractivity (Wildman–Crippen MR) is 48.0 cm³/mol. The second kappa shape index (κ2) is 30.2. The first-order valence-corrected chi connectivity index (χ1v) is 3.67. The minimum absolute atomic E-state index is 0. The summed E-state index contributed by atoms with van der Waals surface area (Å²) in [5.74, 6) is -3.83. The second-order valence-electron chi connectivity index (χ2n) is 2.02. The number of carbonyl (C=O) groups excluding carboxylic acids is 2. The maximum Gasteiger partial charge on any atom is 1.00 e. The van der Waals surface area contributed by atoms with Crippen LogP contribution in [0.15, 0.2) is 0 Å². The number of carboxylic acid groups (broad SMARTS) is 4. The van der Waals surface area contributed by atoms with Crippen LogP contribution in [0.2, 0.25) is 0 Å². The minimum Gasteiger partial charge on any atom is -0.550 e. The van der Waals surface area contributed by atoms with Crippen LogP contribution in [0, 0.1) is 0 Å². The van der Waals surface area contributed by atoms with Crippen LogP contribution >= 0.6 is 0 Å². The zero-order valence-electron chi connectivity index (χ0n) is 11.3. The summed E-state index contributed by atoms with van der Waals surface area (Å²) in [7, 11) is 0. The Bertz CT molecular complexity index is 165. The van der Waals surface area contributed by atoms with E-state index in [-0.39, 0.29) is 59.1 Å². The average molecular weight is 284 g/mol. The smallest absolute Gasteiger partial charge is 0.550 e. The molecule has 0 radical (unpaired) electrons. The van der Waals surface area contributed by atoms with Gasteiger partial charge in [-0.2, -0.15) is 0 Å². The van der Waals surface area contributed by atoms with Crippen molar-refractivity contribution in [2.75, 3.05) is 0 Å². The first-order chi connectivity index (χ1) is 6.93. The summed E-state index contributed by atoms with van der Waals surface area (Å²) >= 11 is 0. The van der Waals surface area contributed by atoms with Gasteiger partial charge in [0, 0.05) is 25.8 Å². The number of rotatable bonds is 0. The number of hydrogen-bond donors (Lipinski definition) is 2. The van der Waals surface area contributed by atoms with Gasteiger partial charge in [0.05, 0.1) is 0 Å². The first kappa shape index (κ1) is 36.1. The topological polar surface area (TPSA) is 155 Å². The molecule has 18 heavy (non-hydrogen) atoms. The molecular formula is C8H14Na2O8. The Hall–Kier alpha value is -0.120. The van der Waals surface area contributed by atoms with Gasteiger partial charge in [-0.1, -0.05) is 0 Å². The fourth-order valence-electron chi connectivity index (χ4n) is 0. The molecule has 0 bridgehead atoms. The van der Waals surface area contributed by atoms with E-state index >= 15 is 0 Å². The Morgan fingerprint density at radius 3 is 0.667 bits per heavy atom. The molecule has 0 aromatic heterocycles. The molecular weight excluding hydrogens is 270 g/mol. The van der Waals surface area contributed by atoms with Crippen molar-refractivity contribution in [1.29, 1.82) is 0 Å². The second-order valence-corrected chi connectivity index (χ2v) is 2.02. The average Bonchev–Trinajstić information content (AvgIpc) is 1.76. The molecule has 0 aliphatic heterocycles. The third-order valence-electron chi connectivity index (χ3n) is 0. The Morgan fingerprint density at radius 1 is 0.667 bits per heavy atom. The van der Waals surface area contributed by atoms with Crippen molar-refractivity contribution in [1.82, 2.24) is 0 Å². The van der Waals surface area contributed by atoms with Gasteiger partial charge in [-0.15, -0.1) is 0 Å². The molecule has 96 valence electrons. The van der Waals surface area contributed by atoms with Gasteiger partial charge < -0.3 is 30.0 Å². The summed E-state index contributed by atoms with van der Waals surface area (Å²) in [5, 5.41) is 32.6. The molecule has 0 saturated heterocycles. The van der Waals surface area contributed by atoms with Crippen molar-refractivity contribution in [2.24, 2.45) is 0 Å². The van der Waals surface area contributed by atoms with Gasteiger partial charge in [0.1, 0.15) is 0 Å². The third-order valence-corrected chi connectivity index (χ3v) is 0. The molecule has 2 N–H and O–H groups in total. The third kappa shape index (κ3) is 244000. The van der Waals surface area contributed by atoms with Crippen molar-refractivity contribution < 1.29 is 98.7 Å². The van der Waals surface area contributed by atoms with Crippen LogP contribution in [0.5, 0.6) is 0 Å². The summed E-state index contributed by atoms with van der Waals surface area (Å²) in [5.41, 5.74) is 0. The fourth-order valence-corrected chi connectivity index (χ4v) is 0. The summed E-state index contributed by atoms with van der Waals surface area (Å²) in [6, 6.07) is 0. The molecule has 0 fully saturated rings. The van der Waals surface area contributed by atoms with Crippen molar-refractivity contribution >= 4 is 23.9 Å². The van der Waals surface area contributed by atoms with Crippen LogP contribution in [0.1, 0.15) is 27.7 Å². The molecule has 0 spiro atoms. The van der Waals surface area contributed by atoms with Crippen molar-refractivity contribution in [3.63, 3.8) is 0 Å². The summed E-state index contributed by atoms with van der Waals surface area (Å²) in [4.78, 5) is 35.8. The SMILES string of the molecule is CC(=O)O.CC(=O)O.CC(=O)[O-].CC(=O)[O-].[Na+].[Na+]. The monoisotopic (exact) mass is 284 g/mol. The van der Waals surface area contributed by atoms with Crippen LogP contribution in [-0.4, -0.2) is 34.1 Å². The van der Waals surface area contributed by atoms with Crippen LogP contribution < -0.4 is 69.3 Å². The summed E-state index contributed by atoms with van der Waals surface area (Å²) in [6.07, 6.45) is 0. The maximum absolute atomic E-state index is 9.00. The fraction of sp³-hybridized carbons (Fsp3) is 0.500. The largest absolute Gasteiger partial charge is 1.00 e. The van der Waals surface area contributed by atoms with Gasteiger partial charge >= 0.3 is 59.1 Å². The zero-order valence-corrected chi connectivity index (χ0v) is 15.3. The Balaban J connectivity index is -0.0000000257. The van der Waals surface area contributed by atoms with E-state index in [9.17, 15) is 0 Å². The number of carbonyl (C=O) groups is 4. The van der Waals surface area contributed by atoms with E-state index in [2.05, 4.69) is 0 Å². The minimum atomic E-state index is -1.08. The molecule has 0 unspecified atom stereocenters. The van der Waals surface area contributed by atoms with Gasteiger partial charge in [0.2, 0.25) is 0 Å². The molecule has 0 heterocycles. The summed E-state index contributed by atoms with van der Waals surface area (Å²) in [6.45, 7) is 4.11. The van der Waals surface area contributed by atoms with Crippen LogP contribution in [0.3, 0.4) is 0 Å². The molecule has 0 amide bonds. The van der Waals surface area contributed by atoms with Crippen LogP contribution in [-0.2, 0) is 19.2 Å². The maximum atomic E-state index is 9.00. The van der Waals surface area contributed by atoms with E-state index in [0.717, 1.165) is 27.7 Å². The molecule has 0 aromatic rings. The quantitative estimate of drug-likeness (QED) is 0.415. The van der Waals surface area contributed by atoms with Crippen LogP contribution in [0.4, 0.5) is 0 Å². The van der Waals surface area contributed by atoms with E-state index in [1.807, 2.05) is 0 Å². The van der Waals surface area contributed by atoms with Crippen molar-refractivity contribution in [3.05, 3.63) is 0 Å². The standard InChI is InChI=1S/4C2H4O2.2Na/c4*1-2(3)4;;/h4*1H3,(H,3,4);;/q;;;;2*+1/p-2. The van der Waals surface area contributed by atoms with E-state index < -0.39 is 23.9 Å². The predicted octanol–water partition coefficient (Wildman–Crippen LogP) is -8.30. The Kier molecular flexibility index (Phi) is 60.5. The van der Waals surface area contributed by atoms with Gasteiger partial charge in [0.15, 0.2) is 0 Å². The van der Waals surface area contributed by atoms with Crippen LogP contribution in [0.25, 0.3) is 0 Å². The van der Waals surface area contributed by atoms with E-state index in [0.29, 0.717) is 0 Å². The number of carboxylic acids is 4. The molecule has 10 heteroatoms. The van der Waals surface area contributed by atoms with E-state index in [4.69, 9.17) is 39.6 Å². The number of aliphatic carboxylic acids is 4.